The minimum absolute atomic E-state index is 0.109. The van der Waals surface area contributed by atoms with Crippen LogP contribution in [-0.2, 0) is 0 Å². The molecule has 0 amide bonds. The summed E-state index contributed by atoms with van der Waals surface area (Å²) in [4.78, 5) is 14.5. The number of nitrogens with zero attached hydrogens (tertiary/aromatic N) is 4. The highest BCUT2D eigenvalue weighted by Crippen LogP contribution is 2.24. The predicted octanol–water partition coefficient (Wildman–Crippen LogP) is 2.11. The molecule has 7 heteroatoms. The second-order valence-electron chi connectivity index (χ2n) is 4.34. The molecule has 112 valence electrons. The Morgan fingerprint density at radius 3 is 2.48 bits per heavy atom. The highest BCUT2D eigenvalue weighted by molar-refractivity contribution is 5.59. The molecule has 6 nitrogen and oxygen atoms in total. The zero-order valence-corrected chi connectivity index (χ0v) is 12.3. The van der Waals surface area contributed by atoms with Crippen LogP contribution in [0, 0.1) is 5.82 Å². The van der Waals surface area contributed by atoms with Gasteiger partial charge in [-0.25, -0.2) is 4.39 Å². The Hall–Kier alpha value is -2.44. The number of halogens is 1. The predicted molar refractivity (Wildman–Crippen MR) is 79.7 cm³/mol. The number of rotatable bonds is 5. The first-order chi connectivity index (χ1) is 10.1. The van der Waals surface area contributed by atoms with Gasteiger partial charge in [0.15, 0.2) is 17.4 Å². The molecule has 0 atom stereocenters. The number of nitrogens with two attached hydrogens (primary N) is 1. The van der Waals surface area contributed by atoms with Crippen LogP contribution in [0.4, 0.5) is 16.3 Å². The molecule has 0 aliphatic heterocycles. The van der Waals surface area contributed by atoms with Crippen LogP contribution < -0.4 is 15.4 Å². The van der Waals surface area contributed by atoms with Gasteiger partial charge in [0.05, 0.1) is 7.11 Å². The highest BCUT2D eigenvalue weighted by atomic mass is 19.1. The van der Waals surface area contributed by atoms with Gasteiger partial charge in [0, 0.05) is 18.7 Å². The molecule has 0 spiro atoms. The van der Waals surface area contributed by atoms with Gasteiger partial charge in [0.25, 0.3) is 0 Å². The number of aromatic nitrogens is 3. The number of ether oxygens (including phenoxy) is 1. The van der Waals surface area contributed by atoms with Crippen LogP contribution in [0.2, 0.25) is 0 Å². The average molecular weight is 291 g/mol. The maximum Gasteiger partial charge on any atom is 0.230 e. The maximum absolute atomic E-state index is 13.8. The van der Waals surface area contributed by atoms with Crippen molar-refractivity contribution in [1.29, 1.82) is 0 Å². The molecular weight excluding hydrogens is 273 g/mol. The summed E-state index contributed by atoms with van der Waals surface area (Å²) in [6, 6.07) is 4.53. The third kappa shape index (κ3) is 3.18. The molecule has 2 N–H and O–H groups in total. The first-order valence-electron chi connectivity index (χ1n) is 6.69. The quantitative estimate of drug-likeness (QED) is 0.909. The van der Waals surface area contributed by atoms with E-state index in [-0.39, 0.29) is 11.7 Å². The van der Waals surface area contributed by atoms with E-state index >= 15 is 0 Å². The lowest BCUT2D eigenvalue weighted by Gasteiger charge is -2.18. The second-order valence-corrected chi connectivity index (χ2v) is 4.34. The Bertz CT molecular complexity index is 631. The molecule has 0 saturated heterocycles. The van der Waals surface area contributed by atoms with Crippen LogP contribution in [0.15, 0.2) is 18.2 Å². The summed E-state index contributed by atoms with van der Waals surface area (Å²) < 4.78 is 18.7. The van der Waals surface area contributed by atoms with E-state index in [4.69, 9.17) is 10.5 Å². The van der Waals surface area contributed by atoms with Crippen molar-refractivity contribution in [3.05, 3.63) is 24.0 Å². The van der Waals surface area contributed by atoms with Crippen molar-refractivity contribution in [2.45, 2.75) is 13.8 Å². The molecular formula is C14H18FN5O. The lowest BCUT2D eigenvalue weighted by atomic mass is 10.2. The summed E-state index contributed by atoms with van der Waals surface area (Å²) in [6.07, 6.45) is 0. The summed E-state index contributed by atoms with van der Waals surface area (Å²) in [5.41, 5.74) is 6.25. The number of anilines is 2. The second kappa shape index (κ2) is 6.34. The minimum atomic E-state index is -0.474. The van der Waals surface area contributed by atoms with E-state index < -0.39 is 5.82 Å². The van der Waals surface area contributed by atoms with E-state index in [9.17, 15) is 4.39 Å². The normalized spacial score (nSPS) is 10.5. The van der Waals surface area contributed by atoms with Gasteiger partial charge in [0.2, 0.25) is 11.9 Å². The van der Waals surface area contributed by atoms with E-state index in [0.29, 0.717) is 17.3 Å². The van der Waals surface area contributed by atoms with Gasteiger partial charge in [-0.15, -0.1) is 0 Å². The third-order valence-electron chi connectivity index (χ3n) is 3.10. The number of hydrogen-bond donors (Lipinski definition) is 1. The van der Waals surface area contributed by atoms with Crippen molar-refractivity contribution in [1.82, 2.24) is 15.0 Å². The van der Waals surface area contributed by atoms with E-state index in [1.807, 2.05) is 18.7 Å². The summed E-state index contributed by atoms with van der Waals surface area (Å²) in [6.45, 7) is 5.49. The minimum Gasteiger partial charge on any atom is -0.494 e. The molecule has 0 fully saturated rings. The van der Waals surface area contributed by atoms with E-state index in [1.54, 1.807) is 6.07 Å². The van der Waals surface area contributed by atoms with Crippen LogP contribution in [-0.4, -0.2) is 35.2 Å². The molecule has 0 unspecified atom stereocenters. The third-order valence-corrected chi connectivity index (χ3v) is 3.10. The fourth-order valence-corrected chi connectivity index (χ4v) is 1.96. The number of benzene rings is 1. The monoisotopic (exact) mass is 291 g/mol. The molecule has 2 aromatic rings. The van der Waals surface area contributed by atoms with Crippen molar-refractivity contribution in [3.63, 3.8) is 0 Å². The van der Waals surface area contributed by atoms with Crippen molar-refractivity contribution in [2.75, 3.05) is 30.8 Å². The maximum atomic E-state index is 13.8. The molecule has 1 aromatic carbocycles. The fraction of sp³-hybridized carbons (Fsp3) is 0.357. The molecule has 0 radical (unpaired) electrons. The lowest BCUT2D eigenvalue weighted by molar-refractivity contribution is 0.386. The van der Waals surface area contributed by atoms with Gasteiger partial charge in [-0.05, 0) is 32.0 Å². The standard InChI is InChI=1S/C14H18FN5O/c1-4-20(5-2)14-18-12(17-13(16)19-14)9-6-7-11(21-3)10(15)8-9/h6-8H,4-5H2,1-3H3,(H2,16,17,18,19). The highest BCUT2D eigenvalue weighted by Gasteiger charge is 2.13. The van der Waals surface area contributed by atoms with Gasteiger partial charge in [-0.1, -0.05) is 0 Å². The Labute approximate surface area is 122 Å². The zero-order chi connectivity index (χ0) is 15.4. The largest absolute Gasteiger partial charge is 0.494 e. The summed E-state index contributed by atoms with van der Waals surface area (Å²) in [7, 11) is 1.41. The van der Waals surface area contributed by atoms with E-state index in [0.717, 1.165) is 13.1 Å². The SMILES string of the molecule is CCN(CC)c1nc(N)nc(-c2ccc(OC)c(F)c2)n1. The van der Waals surface area contributed by atoms with Crippen LogP contribution >= 0.6 is 0 Å². The first-order valence-corrected chi connectivity index (χ1v) is 6.69. The van der Waals surface area contributed by atoms with Crippen molar-refractivity contribution >= 4 is 11.9 Å². The van der Waals surface area contributed by atoms with E-state index in [2.05, 4.69) is 15.0 Å². The van der Waals surface area contributed by atoms with Gasteiger partial charge in [-0.3, -0.25) is 0 Å². The molecule has 0 aliphatic rings. The average Bonchev–Trinajstić information content (AvgIpc) is 2.48. The summed E-state index contributed by atoms with van der Waals surface area (Å²) >= 11 is 0. The van der Waals surface area contributed by atoms with E-state index in [1.165, 1.54) is 19.2 Å². The Kier molecular flexibility index (Phi) is 4.52. The Balaban J connectivity index is 2.46. The molecule has 0 bridgehead atoms. The summed E-state index contributed by atoms with van der Waals surface area (Å²) in [5, 5.41) is 0. The molecule has 1 heterocycles. The van der Waals surface area contributed by atoms with Crippen molar-refractivity contribution < 1.29 is 9.13 Å². The van der Waals surface area contributed by atoms with Crippen molar-refractivity contribution in [3.8, 4) is 17.1 Å². The number of nitrogen functional groups attached to an aromatic ring is 1. The topological polar surface area (TPSA) is 77.2 Å². The van der Waals surface area contributed by atoms with Gasteiger partial charge >= 0.3 is 0 Å². The molecule has 2 rings (SSSR count). The molecule has 21 heavy (non-hydrogen) atoms. The molecule has 1 aromatic heterocycles. The smallest absolute Gasteiger partial charge is 0.230 e. The van der Waals surface area contributed by atoms with Crippen LogP contribution in [0.5, 0.6) is 5.75 Å². The first kappa shape index (κ1) is 15.0. The number of hydrogen-bond acceptors (Lipinski definition) is 6. The molecule has 0 aliphatic carbocycles. The van der Waals surface area contributed by atoms with Crippen LogP contribution in [0.3, 0.4) is 0 Å². The zero-order valence-electron chi connectivity index (χ0n) is 12.3. The number of methoxy groups -OCH3 is 1. The van der Waals surface area contributed by atoms with Crippen LogP contribution in [0.25, 0.3) is 11.4 Å². The lowest BCUT2D eigenvalue weighted by Crippen LogP contribution is -2.25. The summed E-state index contributed by atoms with van der Waals surface area (Å²) in [5.74, 6) is 0.630. The fourth-order valence-electron chi connectivity index (χ4n) is 1.96. The molecule has 0 saturated carbocycles. The van der Waals surface area contributed by atoms with Gasteiger partial charge in [-0.2, -0.15) is 15.0 Å². The Morgan fingerprint density at radius 1 is 1.19 bits per heavy atom. The Morgan fingerprint density at radius 2 is 1.90 bits per heavy atom. The van der Waals surface area contributed by atoms with Crippen LogP contribution in [0.1, 0.15) is 13.8 Å². The van der Waals surface area contributed by atoms with Gasteiger partial charge < -0.3 is 15.4 Å². The van der Waals surface area contributed by atoms with Crippen molar-refractivity contribution in [2.24, 2.45) is 0 Å². The van der Waals surface area contributed by atoms with Gasteiger partial charge in [0.1, 0.15) is 0 Å².